The molecule has 3 rings (SSSR count). The average molecular weight is 379 g/mol. The summed E-state index contributed by atoms with van der Waals surface area (Å²) < 4.78 is 10.5. The maximum absolute atomic E-state index is 12.8. The lowest BCUT2D eigenvalue weighted by atomic mass is 10.0. The lowest BCUT2D eigenvalue weighted by molar-refractivity contribution is 0.0762. The molecule has 0 aliphatic rings. The number of benzene rings is 2. The Labute approximate surface area is 165 Å². The SMILES string of the molecule is CCN(CC)C(=O)c1nc(-c2ccc(OC)cc2)c(-c2ccc(OC)cc2)[nH]1. The van der Waals surface area contributed by atoms with Crippen molar-refractivity contribution in [2.24, 2.45) is 0 Å². The number of hydrogen-bond acceptors (Lipinski definition) is 4. The molecule has 28 heavy (non-hydrogen) atoms. The first-order chi connectivity index (χ1) is 13.6. The molecule has 6 heteroatoms. The van der Waals surface area contributed by atoms with Crippen molar-refractivity contribution in [1.82, 2.24) is 14.9 Å². The largest absolute Gasteiger partial charge is 0.497 e. The van der Waals surface area contributed by atoms with E-state index >= 15 is 0 Å². The van der Waals surface area contributed by atoms with Crippen LogP contribution in [0, 0.1) is 0 Å². The Morgan fingerprint density at radius 2 is 1.39 bits per heavy atom. The maximum atomic E-state index is 12.8. The van der Waals surface area contributed by atoms with Crippen LogP contribution in [0.3, 0.4) is 0 Å². The molecule has 1 heterocycles. The Kier molecular flexibility index (Phi) is 5.99. The minimum atomic E-state index is -0.112. The zero-order chi connectivity index (χ0) is 20.1. The first-order valence-corrected chi connectivity index (χ1v) is 9.29. The van der Waals surface area contributed by atoms with E-state index in [1.165, 1.54) is 0 Å². The Bertz CT molecular complexity index is 862. The number of rotatable bonds is 7. The molecule has 2 aromatic carbocycles. The van der Waals surface area contributed by atoms with Gasteiger partial charge in [0.25, 0.3) is 5.91 Å². The molecule has 0 saturated heterocycles. The molecule has 1 N–H and O–H groups in total. The summed E-state index contributed by atoms with van der Waals surface area (Å²) in [4.78, 5) is 22.5. The second-order valence-corrected chi connectivity index (χ2v) is 6.24. The fourth-order valence-electron chi connectivity index (χ4n) is 3.06. The van der Waals surface area contributed by atoms with Crippen LogP contribution in [0.4, 0.5) is 0 Å². The van der Waals surface area contributed by atoms with E-state index in [9.17, 15) is 4.79 Å². The van der Waals surface area contributed by atoms with Crippen LogP contribution in [0.25, 0.3) is 22.5 Å². The summed E-state index contributed by atoms with van der Waals surface area (Å²) in [7, 11) is 3.27. The van der Waals surface area contributed by atoms with Crippen LogP contribution < -0.4 is 9.47 Å². The zero-order valence-electron chi connectivity index (χ0n) is 16.7. The van der Waals surface area contributed by atoms with Crippen LogP contribution >= 0.6 is 0 Å². The van der Waals surface area contributed by atoms with Crippen molar-refractivity contribution in [1.29, 1.82) is 0 Å². The number of aromatic amines is 1. The standard InChI is InChI=1S/C22H25N3O3/c1-5-25(6-2)22(26)21-23-19(15-7-11-17(27-3)12-8-15)20(24-21)16-9-13-18(28-4)14-10-16/h7-14H,5-6H2,1-4H3,(H,23,24). The van der Waals surface area contributed by atoms with Gasteiger partial charge in [-0.1, -0.05) is 0 Å². The number of hydrogen-bond donors (Lipinski definition) is 1. The van der Waals surface area contributed by atoms with Gasteiger partial charge in [-0.05, 0) is 62.4 Å². The number of carbonyl (C=O) groups excluding carboxylic acids is 1. The molecule has 0 spiro atoms. The topological polar surface area (TPSA) is 67.5 Å². The van der Waals surface area contributed by atoms with Crippen LogP contribution in [0.2, 0.25) is 0 Å². The number of ether oxygens (including phenoxy) is 2. The van der Waals surface area contributed by atoms with Gasteiger partial charge >= 0.3 is 0 Å². The van der Waals surface area contributed by atoms with Gasteiger partial charge in [0.05, 0.1) is 25.6 Å². The highest BCUT2D eigenvalue weighted by atomic mass is 16.5. The summed E-state index contributed by atoms with van der Waals surface area (Å²) in [6.45, 7) is 5.18. The van der Waals surface area contributed by atoms with Crippen LogP contribution in [0.1, 0.15) is 24.5 Å². The molecule has 3 aromatic rings. The Morgan fingerprint density at radius 1 is 0.893 bits per heavy atom. The second kappa shape index (κ2) is 8.61. The minimum Gasteiger partial charge on any atom is -0.497 e. The lowest BCUT2D eigenvalue weighted by Gasteiger charge is -2.16. The number of methoxy groups -OCH3 is 2. The first-order valence-electron chi connectivity index (χ1n) is 9.29. The first kappa shape index (κ1) is 19.5. The molecule has 0 radical (unpaired) electrons. The van der Waals surface area contributed by atoms with Crippen molar-refractivity contribution < 1.29 is 14.3 Å². The minimum absolute atomic E-state index is 0.112. The zero-order valence-corrected chi connectivity index (χ0v) is 16.7. The van der Waals surface area contributed by atoms with Gasteiger partial charge in [-0.3, -0.25) is 4.79 Å². The van der Waals surface area contributed by atoms with Gasteiger partial charge in [-0.15, -0.1) is 0 Å². The molecular formula is C22H25N3O3. The third-order valence-corrected chi connectivity index (χ3v) is 4.70. The molecule has 0 unspecified atom stereocenters. The maximum Gasteiger partial charge on any atom is 0.289 e. The number of amides is 1. The van der Waals surface area contributed by atoms with Crippen LogP contribution in [0.5, 0.6) is 11.5 Å². The molecule has 1 aromatic heterocycles. The molecule has 146 valence electrons. The molecule has 0 saturated carbocycles. The van der Waals surface area contributed by atoms with E-state index in [2.05, 4.69) is 9.97 Å². The van der Waals surface area contributed by atoms with Crippen molar-refractivity contribution in [3.8, 4) is 34.0 Å². The van der Waals surface area contributed by atoms with Crippen LogP contribution in [-0.2, 0) is 0 Å². The van der Waals surface area contributed by atoms with Gasteiger partial charge in [-0.2, -0.15) is 0 Å². The fraction of sp³-hybridized carbons (Fsp3) is 0.273. The fourth-order valence-corrected chi connectivity index (χ4v) is 3.06. The van der Waals surface area contributed by atoms with Crippen molar-refractivity contribution in [3.05, 3.63) is 54.4 Å². The molecule has 0 aliphatic carbocycles. The van der Waals surface area contributed by atoms with E-state index in [0.717, 1.165) is 34.0 Å². The third-order valence-electron chi connectivity index (χ3n) is 4.70. The monoisotopic (exact) mass is 379 g/mol. The molecule has 6 nitrogen and oxygen atoms in total. The number of carbonyl (C=O) groups is 1. The summed E-state index contributed by atoms with van der Waals surface area (Å²) in [5, 5.41) is 0. The summed E-state index contributed by atoms with van der Waals surface area (Å²) in [6, 6.07) is 15.3. The van der Waals surface area contributed by atoms with Crippen LogP contribution in [-0.4, -0.2) is 48.1 Å². The van der Waals surface area contributed by atoms with Crippen molar-refractivity contribution in [2.45, 2.75) is 13.8 Å². The van der Waals surface area contributed by atoms with Gasteiger partial charge in [-0.25, -0.2) is 4.98 Å². The molecule has 0 fully saturated rings. The number of nitrogens with zero attached hydrogens (tertiary/aromatic N) is 2. The predicted octanol–water partition coefficient (Wildman–Crippen LogP) is 4.24. The van der Waals surface area contributed by atoms with E-state index in [1.807, 2.05) is 62.4 Å². The molecule has 0 aliphatic heterocycles. The normalized spacial score (nSPS) is 10.6. The van der Waals surface area contributed by atoms with Crippen molar-refractivity contribution in [2.75, 3.05) is 27.3 Å². The number of imidazole rings is 1. The third kappa shape index (κ3) is 3.86. The van der Waals surface area contributed by atoms with Gasteiger partial charge in [0.15, 0.2) is 5.82 Å². The van der Waals surface area contributed by atoms with Crippen LogP contribution in [0.15, 0.2) is 48.5 Å². The predicted molar refractivity (Wildman–Crippen MR) is 110 cm³/mol. The Hall–Kier alpha value is -3.28. The number of H-pyrrole nitrogens is 1. The second-order valence-electron chi connectivity index (χ2n) is 6.24. The van der Waals surface area contributed by atoms with Crippen molar-refractivity contribution in [3.63, 3.8) is 0 Å². The van der Waals surface area contributed by atoms with Crippen molar-refractivity contribution >= 4 is 5.91 Å². The smallest absolute Gasteiger partial charge is 0.289 e. The van der Waals surface area contributed by atoms with Gasteiger partial charge in [0, 0.05) is 24.2 Å². The quantitative estimate of drug-likeness (QED) is 0.667. The molecule has 1 amide bonds. The lowest BCUT2D eigenvalue weighted by Crippen LogP contribution is -2.31. The molecule has 0 bridgehead atoms. The van der Waals surface area contributed by atoms with E-state index in [-0.39, 0.29) is 5.91 Å². The van der Waals surface area contributed by atoms with Gasteiger partial charge in [0.1, 0.15) is 11.5 Å². The summed E-state index contributed by atoms with van der Waals surface area (Å²) in [5.41, 5.74) is 3.35. The Morgan fingerprint density at radius 3 is 1.86 bits per heavy atom. The van der Waals surface area contributed by atoms with E-state index in [4.69, 9.17) is 9.47 Å². The average Bonchev–Trinajstić information content (AvgIpc) is 3.20. The summed E-state index contributed by atoms with van der Waals surface area (Å²) in [5.74, 6) is 1.76. The highest BCUT2D eigenvalue weighted by molar-refractivity contribution is 5.93. The van der Waals surface area contributed by atoms with Gasteiger partial charge < -0.3 is 19.4 Å². The van der Waals surface area contributed by atoms with E-state index in [0.29, 0.717) is 18.9 Å². The molecular weight excluding hydrogens is 354 g/mol. The highest BCUT2D eigenvalue weighted by Gasteiger charge is 2.21. The number of nitrogens with one attached hydrogen (secondary N) is 1. The summed E-state index contributed by atoms with van der Waals surface area (Å²) >= 11 is 0. The van der Waals surface area contributed by atoms with Gasteiger partial charge in [0.2, 0.25) is 0 Å². The van der Waals surface area contributed by atoms with E-state index in [1.54, 1.807) is 19.1 Å². The highest BCUT2D eigenvalue weighted by Crippen LogP contribution is 2.32. The molecule has 0 atom stereocenters. The Balaban J connectivity index is 2.10. The van der Waals surface area contributed by atoms with E-state index < -0.39 is 0 Å². The summed E-state index contributed by atoms with van der Waals surface area (Å²) in [6.07, 6.45) is 0. The number of aromatic nitrogens is 2.